The Kier molecular flexibility index (Phi) is 1.62. The quantitative estimate of drug-likeness (QED) is 0.571. The normalized spacial score (nSPS) is 14.3. The molecule has 0 aromatic heterocycles. The van der Waals surface area contributed by atoms with E-state index in [-0.39, 0.29) is 6.03 Å². The van der Waals surface area contributed by atoms with E-state index in [4.69, 9.17) is 11.5 Å². The Morgan fingerprint density at radius 1 is 1.31 bits per heavy atom. The molecule has 0 saturated heterocycles. The van der Waals surface area contributed by atoms with Gasteiger partial charge in [0.1, 0.15) is 0 Å². The van der Waals surface area contributed by atoms with Crippen LogP contribution in [0.4, 0.5) is 10.5 Å². The largest absolute Gasteiger partial charge is 0.399 e. The summed E-state index contributed by atoms with van der Waals surface area (Å²) in [4.78, 5) is 12.5. The molecule has 0 aliphatic carbocycles. The molecule has 0 spiro atoms. The zero-order chi connectivity index (χ0) is 9.42. The van der Waals surface area contributed by atoms with E-state index in [1.165, 1.54) is 0 Å². The van der Waals surface area contributed by atoms with Crippen LogP contribution in [0.2, 0.25) is 0 Å². The highest BCUT2D eigenvalue weighted by Crippen LogP contribution is 2.23. The van der Waals surface area contributed by atoms with Gasteiger partial charge in [0.2, 0.25) is 0 Å². The van der Waals surface area contributed by atoms with Crippen LogP contribution in [-0.2, 0) is 13.1 Å². The average molecular weight is 177 g/mol. The van der Waals surface area contributed by atoms with Gasteiger partial charge in [-0.3, -0.25) is 0 Å². The Morgan fingerprint density at radius 2 is 2.00 bits per heavy atom. The summed E-state index contributed by atoms with van der Waals surface area (Å²) in [5.41, 5.74) is 13.7. The molecular weight excluding hydrogens is 166 g/mol. The molecule has 1 aromatic rings. The number of amides is 2. The summed E-state index contributed by atoms with van der Waals surface area (Å²) in [6.45, 7) is 1.18. The second kappa shape index (κ2) is 2.65. The second-order valence-electron chi connectivity index (χ2n) is 3.22. The second-order valence-corrected chi connectivity index (χ2v) is 3.22. The first-order valence-electron chi connectivity index (χ1n) is 4.08. The number of urea groups is 1. The molecule has 0 radical (unpaired) electrons. The fourth-order valence-electron chi connectivity index (χ4n) is 1.57. The van der Waals surface area contributed by atoms with Crippen LogP contribution in [0.1, 0.15) is 11.1 Å². The highest BCUT2D eigenvalue weighted by molar-refractivity contribution is 5.73. The third-order valence-corrected chi connectivity index (χ3v) is 2.26. The molecule has 4 heteroatoms. The summed E-state index contributed by atoms with van der Waals surface area (Å²) >= 11 is 0. The Morgan fingerprint density at radius 3 is 2.69 bits per heavy atom. The number of primary amides is 1. The first-order valence-corrected chi connectivity index (χ1v) is 4.08. The lowest BCUT2D eigenvalue weighted by Gasteiger charge is -2.10. The monoisotopic (exact) mass is 177 g/mol. The highest BCUT2D eigenvalue weighted by atomic mass is 16.2. The molecule has 2 amide bonds. The summed E-state index contributed by atoms with van der Waals surface area (Å²) in [5.74, 6) is 0. The summed E-state index contributed by atoms with van der Waals surface area (Å²) in [6.07, 6.45) is 0. The van der Waals surface area contributed by atoms with Crippen LogP contribution in [-0.4, -0.2) is 10.9 Å². The molecule has 13 heavy (non-hydrogen) atoms. The minimum atomic E-state index is -0.380. The Hall–Kier alpha value is -1.71. The molecule has 1 heterocycles. The average Bonchev–Trinajstić information content (AvgIpc) is 2.46. The smallest absolute Gasteiger partial charge is 0.315 e. The van der Waals surface area contributed by atoms with Crippen LogP contribution in [0.25, 0.3) is 0 Å². The summed E-state index contributed by atoms with van der Waals surface area (Å²) in [5, 5.41) is 0. The lowest BCUT2D eigenvalue weighted by Crippen LogP contribution is -2.30. The van der Waals surface area contributed by atoms with Crippen LogP contribution in [0.5, 0.6) is 0 Å². The lowest BCUT2D eigenvalue weighted by molar-refractivity contribution is 0.208. The van der Waals surface area contributed by atoms with E-state index >= 15 is 0 Å². The van der Waals surface area contributed by atoms with Gasteiger partial charge in [-0.1, -0.05) is 6.07 Å². The number of rotatable bonds is 0. The molecule has 4 nitrogen and oxygen atoms in total. The first-order chi connectivity index (χ1) is 6.16. The predicted octanol–water partition coefficient (Wildman–Crippen LogP) is 0.663. The van der Waals surface area contributed by atoms with Gasteiger partial charge in [-0.2, -0.15) is 0 Å². The summed E-state index contributed by atoms with van der Waals surface area (Å²) in [7, 11) is 0. The van der Waals surface area contributed by atoms with Crippen molar-refractivity contribution in [2.75, 3.05) is 5.73 Å². The van der Waals surface area contributed by atoms with Crippen LogP contribution in [0.15, 0.2) is 18.2 Å². The zero-order valence-corrected chi connectivity index (χ0v) is 7.16. The third kappa shape index (κ3) is 1.30. The third-order valence-electron chi connectivity index (χ3n) is 2.26. The Labute approximate surface area is 76.1 Å². The first kappa shape index (κ1) is 7.91. The van der Waals surface area contributed by atoms with Gasteiger partial charge in [0.15, 0.2) is 0 Å². The van der Waals surface area contributed by atoms with Crippen LogP contribution >= 0.6 is 0 Å². The fraction of sp³-hybridized carbons (Fsp3) is 0.222. The Balaban J connectivity index is 2.30. The van der Waals surface area contributed by atoms with Gasteiger partial charge in [0.05, 0.1) is 0 Å². The van der Waals surface area contributed by atoms with Crippen molar-refractivity contribution >= 4 is 11.7 Å². The predicted molar refractivity (Wildman–Crippen MR) is 49.7 cm³/mol. The van der Waals surface area contributed by atoms with Gasteiger partial charge in [-0.15, -0.1) is 0 Å². The number of fused-ring (bicyclic) bond motifs is 1. The van der Waals surface area contributed by atoms with Gasteiger partial charge in [0.25, 0.3) is 0 Å². The minimum Gasteiger partial charge on any atom is -0.399 e. The maximum atomic E-state index is 10.9. The van der Waals surface area contributed by atoms with Crippen molar-refractivity contribution in [1.82, 2.24) is 4.90 Å². The highest BCUT2D eigenvalue weighted by Gasteiger charge is 2.20. The number of carbonyl (C=O) groups is 1. The topological polar surface area (TPSA) is 72.4 Å². The summed E-state index contributed by atoms with van der Waals surface area (Å²) < 4.78 is 0. The molecule has 0 unspecified atom stereocenters. The van der Waals surface area contributed by atoms with Crippen molar-refractivity contribution in [2.45, 2.75) is 13.1 Å². The van der Waals surface area contributed by atoms with Crippen molar-refractivity contribution < 1.29 is 4.79 Å². The van der Waals surface area contributed by atoms with Gasteiger partial charge < -0.3 is 16.4 Å². The maximum absolute atomic E-state index is 10.9. The van der Waals surface area contributed by atoms with Gasteiger partial charge in [-0.25, -0.2) is 4.79 Å². The van der Waals surface area contributed by atoms with E-state index in [9.17, 15) is 4.79 Å². The van der Waals surface area contributed by atoms with E-state index < -0.39 is 0 Å². The number of carbonyl (C=O) groups excluding carboxylic acids is 1. The molecule has 2 rings (SSSR count). The van der Waals surface area contributed by atoms with Crippen LogP contribution in [0.3, 0.4) is 0 Å². The standard InChI is InChI=1S/C9H11N3O/c10-8-2-1-6-4-12(9(11)13)5-7(6)3-8/h1-3H,4-5,10H2,(H2,11,13). The molecule has 68 valence electrons. The molecule has 1 aliphatic rings. The molecule has 1 aromatic carbocycles. The molecule has 1 aliphatic heterocycles. The van der Waals surface area contributed by atoms with E-state index in [0.717, 1.165) is 16.8 Å². The van der Waals surface area contributed by atoms with Crippen molar-refractivity contribution in [3.63, 3.8) is 0 Å². The van der Waals surface area contributed by atoms with Gasteiger partial charge in [-0.05, 0) is 23.3 Å². The van der Waals surface area contributed by atoms with E-state index in [2.05, 4.69) is 0 Å². The molecule has 0 atom stereocenters. The molecule has 0 fully saturated rings. The van der Waals surface area contributed by atoms with Crippen LogP contribution < -0.4 is 11.5 Å². The number of anilines is 1. The number of hydrogen-bond acceptors (Lipinski definition) is 2. The van der Waals surface area contributed by atoms with Crippen molar-refractivity contribution in [3.8, 4) is 0 Å². The van der Waals surface area contributed by atoms with Gasteiger partial charge >= 0.3 is 6.03 Å². The minimum absolute atomic E-state index is 0.380. The Bertz CT molecular complexity index is 362. The number of hydrogen-bond donors (Lipinski definition) is 2. The molecular formula is C9H11N3O. The lowest BCUT2D eigenvalue weighted by atomic mass is 10.1. The van der Waals surface area contributed by atoms with Crippen molar-refractivity contribution in [3.05, 3.63) is 29.3 Å². The summed E-state index contributed by atoms with van der Waals surface area (Å²) in [6, 6.07) is 5.28. The number of nitrogen functional groups attached to an aromatic ring is 1. The molecule has 0 bridgehead atoms. The zero-order valence-electron chi connectivity index (χ0n) is 7.16. The fourth-order valence-corrected chi connectivity index (χ4v) is 1.57. The van der Waals surface area contributed by atoms with Crippen LogP contribution in [0, 0.1) is 0 Å². The number of benzene rings is 1. The number of nitrogens with zero attached hydrogens (tertiary/aromatic N) is 1. The van der Waals surface area contributed by atoms with E-state index in [1.54, 1.807) is 4.90 Å². The van der Waals surface area contributed by atoms with E-state index in [1.807, 2.05) is 18.2 Å². The number of nitrogens with two attached hydrogens (primary N) is 2. The SMILES string of the molecule is NC(=O)N1Cc2ccc(N)cc2C1. The molecule has 0 saturated carbocycles. The van der Waals surface area contributed by atoms with Crippen molar-refractivity contribution in [1.29, 1.82) is 0 Å². The van der Waals surface area contributed by atoms with Crippen molar-refractivity contribution in [2.24, 2.45) is 5.73 Å². The molecule has 4 N–H and O–H groups in total. The maximum Gasteiger partial charge on any atom is 0.315 e. The van der Waals surface area contributed by atoms with E-state index in [0.29, 0.717) is 13.1 Å². The van der Waals surface area contributed by atoms with Gasteiger partial charge in [0, 0.05) is 18.8 Å².